The molecule has 4 rings (SSSR count). The first-order valence-corrected chi connectivity index (χ1v) is 7.45. The zero-order valence-electron chi connectivity index (χ0n) is 11.1. The molecule has 1 aliphatic carbocycles. The fourth-order valence-electron chi connectivity index (χ4n) is 3.30. The normalized spacial score (nSPS) is 26.9. The minimum Gasteiger partial charge on any atom is -0.353 e. The fraction of sp³-hybridized carbons (Fsp3) is 0.714. The van der Waals surface area contributed by atoms with Crippen LogP contribution in [0, 0.1) is 0 Å². The van der Waals surface area contributed by atoms with Crippen molar-refractivity contribution in [2.24, 2.45) is 0 Å². The average molecular weight is 260 g/mol. The highest BCUT2D eigenvalue weighted by atomic mass is 16.2. The van der Waals surface area contributed by atoms with Crippen LogP contribution in [0.2, 0.25) is 0 Å². The summed E-state index contributed by atoms with van der Waals surface area (Å²) < 4.78 is 2.40. The predicted molar refractivity (Wildman–Crippen MR) is 70.9 cm³/mol. The lowest BCUT2D eigenvalue weighted by Crippen LogP contribution is -2.47. The Morgan fingerprint density at radius 1 is 1.21 bits per heavy atom. The molecule has 5 nitrogen and oxygen atoms in total. The molecule has 2 N–H and O–H groups in total. The van der Waals surface area contributed by atoms with Gasteiger partial charge in [-0.2, -0.15) is 0 Å². The summed E-state index contributed by atoms with van der Waals surface area (Å²) >= 11 is 0. The van der Waals surface area contributed by atoms with Gasteiger partial charge in [-0.1, -0.05) is 0 Å². The molecule has 1 unspecified atom stereocenters. The molecule has 2 fully saturated rings. The molecule has 1 aromatic heterocycles. The summed E-state index contributed by atoms with van der Waals surface area (Å²) in [6.45, 7) is 2.64. The van der Waals surface area contributed by atoms with Gasteiger partial charge in [0.2, 0.25) is 5.91 Å². The molecular weight excluding hydrogens is 240 g/mol. The van der Waals surface area contributed by atoms with Crippen LogP contribution in [0.25, 0.3) is 0 Å². The number of aromatic nitrogens is 2. The highest BCUT2D eigenvalue weighted by Crippen LogP contribution is 2.42. The van der Waals surface area contributed by atoms with E-state index in [0.29, 0.717) is 5.92 Å². The van der Waals surface area contributed by atoms with Crippen LogP contribution >= 0.6 is 0 Å². The number of carbonyl (C=O) groups excluding carboxylic acids is 1. The molecule has 2 aliphatic heterocycles. The molecule has 1 saturated carbocycles. The van der Waals surface area contributed by atoms with Crippen molar-refractivity contribution in [3.05, 3.63) is 17.2 Å². The number of nitrogens with zero attached hydrogens (tertiary/aromatic N) is 2. The lowest BCUT2D eigenvalue weighted by Gasteiger charge is -2.24. The van der Waals surface area contributed by atoms with E-state index in [1.165, 1.54) is 37.2 Å². The lowest BCUT2D eigenvalue weighted by atomic mass is 10.0. The third kappa shape index (κ3) is 1.87. The maximum atomic E-state index is 12.1. The Bertz CT molecular complexity index is 518. The van der Waals surface area contributed by atoms with Gasteiger partial charge >= 0.3 is 0 Å². The first-order chi connectivity index (χ1) is 9.34. The van der Waals surface area contributed by atoms with Crippen molar-refractivity contribution in [1.82, 2.24) is 20.2 Å². The SMILES string of the molecule is O=C1NCCNC1c1nc(C2CC2)n2c1CCCC2. The molecule has 3 heterocycles. The van der Waals surface area contributed by atoms with Gasteiger partial charge in [-0.05, 0) is 32.1 Å². The summed E-state index contributed by atoms with van der Waals surface area (Å²) in [6.07, 6.45) is 6.06. The number of piperazine rings is 1. The van der Waals surface area contributed by atoms with E-state index in [9.17, 15) is 4.79 Å². The molecule has 3 aliphatic rings. The van der Waals surface area contributed by atoms with Crippen LogP contribution in [0.1, 0.15) is 54.9 Å². The Kier molecular flexibility index (Phi) is 2.62. The van der Waals surface area contributed by atoms with E-state index in [0.717, 1.165) is 31.7 Å². The van der Waals surface area contributed by atoms with E-state index in [4.69, 9.17) is 4.98 Å². The van der Waals surface area contributed by atoms with Crippen molar-refractivity contribution < 1.29 is 4.79 Å². The molecular formula is C14H20N4O. The van der Waals surface area contributed by atoms with Crippen molar-refractivity contribution in [3.63, 3.8) is 0 Å². The molecule has 5 heteroatoms. The number of rotatable bonds is 2. The number of hydrogen-bond acceptors (Lipinski definition) is 3. The van der Waals surface area contributed by atoms with E-state index >= 15 is 0 Å². The topological polar surface area (TPSA) is 59.0 Å². The fourth-order valence-corrected chi connectivity index (χ4v) is 3.30. The summed E-state index contributed by atoms with van der Waals surface area (Å²) in [5.74, 6) is 1.97. The highest BCUT2D eigenvalue weighted by molar-refractivity contribution is 5.83. The van der Waals surface area contributed by atoms with Crippen LogP contribution in [0.4, 0.5) is 0 Å². The van der Waals surface area contributed by atoms with Gasteiger partial charge in [0.1, 0.15) is 11.9 Å². The van der Waals surface area contributed by atoms with Crippen molar-refractivity contribution in [3.8, 4) is 0 Å². The number of carbonyl (C=O) groups is 1. The Morgan fingerprint density at radius 2 is 2.11 bits per heavy atom. The number of amides is 1. The average Bonchev–Trinajstić information content (AvgIpc) is 3.21. The second-order valence-electron chi connectivity index (χ2n) is 5.86. The predicted octanol–water partition coefficient (Wildman–Crippen LogP) is 0.857. The smallest absolute Gasteiger partial charge is 0.243 e. The zero-order valence-corrected chi connectivity index (χ0v) is 11.1. The largest absolute Gasteiger partial charge is 0.353 e. The molecule has 1 saturated heterocycles. The zero-order chi connectivity index (χ0) is 12.8. The molecule has 1 amide bonds. The minimum absolute atomic E-state index is 0.0834. The molecule has 0 bridgehead atoms. The molecule has 102 valence electrons. The molecule has 0 radical (unpaired) electrons. The van der Waals surface area contributed by atoms with Gasteiger partial charge in [0.05, 0.1) is 5.69 Å². The first kappa shape index (κ1) is 11.5. The van der Waals surface area contributed by atoms with Gasteiger partial charge in [-0.3, -0.25) is 10.1 Å². The molecule has 19 heavy (non-hydrogen) atoms. The Morgan fingerprint density at radius 3 is 2.89 bits per heavy atom. The second-order valence-corrected chi connectivity index (χ2v) is 5.86. The molecule has 1 atom stereocenters. The minimum atomic E-state index is -0.236. The van der Waals surface area contributed by atoms with Crippen molar-refractivity contribution in [2.45, 2.75) is 50.6 Å². The van der Waals surface area contributed by atoms with Gasteiger partial charge in [0.15, 0.2) is 0 Å². The summed E-state index contributed by atoms with van der Waals surface area (Å²) in [5.41, 5.74) is 2.31. The van der Waals surface area contributed by atoms with Crippen LogP contribution in [0.5, 0.6) is 0 Å². The van der Waals surface area contributed by atoms with E-state index < -0.39 is 0 Å². The molecule has 0 spiro atoms. The van der Waals surface area contributed by atoms with E-state index in [-0.39, 0.29) is 11.9 Å². The van der Waals surface area contributed by atoms with Crippen LogP contribution in [0.15, 0.2) is 0 Å². The van der Waals surface area contributed by atoms with Crippen molar-refractivity contribution >= 4 is 5.91 Å². The van der Waals surface area contributed by atoms with Crippen LogP contribution in [-0.4, -0.2) is 28.5 Å². The van der Waals surface area contributed by atoms with E-state index in [2.05, 4.69) is 15.2 Å². The third-order valence-corrected chi connectivity index (χ3v) is 4.43. The van der Waals surface area contributed by atoms with Crippen LogP contribution in [-0.2, 0) is 17.8 Å². The van der Waals surface area contributed by atoms with Gasteiger partial charge in [-0.25, -0.2) is 4.98 Å². The van der Waals surface area contributed by atoms with Gasteiger partial charge in [0, 0.05) is 31.2 Å². The third-order valence-electron chi connectivity index (χ3n) is 4.43. The summed E-state index contributed by atoms with van der Waals surface area (Å²) in [4.78, 5) is 16.9. The van der Waals surface area contributed by atoms with Crippen LogP contribution < -0.4 is 10.6 Å². The number of fused-ring (bicyclic) bond motifs is 1. The summed E-state index contributed by atoms with van der Waals surface area (Å²) in [7, 11) is 0. The Labute approximate surface area is 112 Å². The van der Waals surface area contributed by atoms with E-state index in [1.54, 1.807) is 0 Å². The Hall–Kier alpha value is -1.36. The number of nitrogens with one attached hydrogen (secondary N) is 2. The Balaban J connectivity index is 1.76. The first-order valence-electron chi connectivity index (χ1n) is 7.45. The maximum Gasteiger partial charge on any atom is 0.243 e. The number of hydrogen-bond donors (Lipinski definition) is 2. The van der Waals surface area contributed by atoms with Gasteiger partial charge in [-0.15, -0.1) is 0 Å². The lowest BCUT2D eigenvalue weighted by molar-refractivity contribution is -0.124. The molecule has 0 aromatic carbocycles. The second kappa shape index (κ2) is 4.34. The highest BCUT2D eigenvalue weighted by Gasteiger charge is 2.36. The number of imidazole rings is 1. The maximum absolute atomic E-state index is 12.1. The quantitative estimate of drug-likeness (QED) is 0.829. The molecule has 1 aromatic rings. The van der Waals surface area contributed by atoms with Crippen molar-refractivity contribution in [2.75, 3.05) is 13.1 Å². The van der Waals surface area contributed by atoms with E-state index in [1.807, 2.05) is 0 Å². The summed E-state index contributed by atoms with van der Waals surface area (Å²) in [6, 6.07) is -0.236. The summed E-state index contributed by atoms with van der Waals surface area (Å²) in [5, 5.41) is 6.26. The van der Waals surface area contributed by atoms with Gasteiger partial charge in [0.25, 0.3) is 0 Å². The standard InChI is InChI=1S/C14H20N4O/c19-14-12(15-6-7-16-14)11-10-3-1-2-8-18(10)13(17-11)9-4-5-9/h9,12,15H,1-8H2,(H,16,19). The van der Waals surface area contributed by atoms with Crippen molar-refractivity contribution in [1.29, 1.82) is 0 Å². The van der Waals surface area contributed by atoms with Crippen LogP contribution in [0.3, 0.4) is 0 Å². The monoisotopic (exact) mass is 260 g/mol. The van der Waals surface area contributed by atoms with Gasteiger partial charge < -0.3 is 9.88 Å².